The van der Waals surface area contributed by atoms with Crippen LogP contribution in [0.3, 0.4) is 0 Å². The van der Waals surface area contributed by atoms with Crippen molar-refractivity contribution in [3.63, 3.8) is 0 Å². The van der Waals surface area contributed by atoms with Crippen LogP contribution in [0.15, 0.2) is 12.1 Å². The van der Waals surface area contributed by atoms with E-state index in [9.17, 15) is 5.11 Å². The van der Waals surface area contributed by atoms with Crippen LogP contribution in [0.2, 0.25) is 5.02 Å². The van der Waals surface area contributed by atoms with Gasteiger partial charge < -0.3 is 14.6 Å². The third-order valence-corrected chi connectivity index (χ3v) is 4.26. The van der Waals surface area contributed by atoms with Gasteiger partial charge >= 0.3 is 0 Å². The van der Waals surface area contributed by atoms with Crippen molar-refractivity contribution in [3.05, 3.63) is 28.3 Å². The Kier molecular flexibility index (Phi) is 4.17. The van der Waals surface area contributed by atoms with Crippen molar-refractivity contribution in [1.82, 2.24) is 4.90 Å². The molecule has 1 aromatic rings. The third kappa shape index (κ3) is 2.79. The zero-order chi connectivity index (χ0) is 14.1. The number of benzene rings is 1. The van der Waals surface area contributed by atoms with Gasteiger partial charge in [-0.2, -0.15) is 0 Å². The molecular formula is C15H20ClNO3. The summed E-state index contributed by atoms with van der Waals surface area (Å²) in [6, 6.07) is 4.31. The van der Waals surface area contributed by atoms with Crippen LogP contribution in [0.1, 0.15) is 18.1 Å². The predicted octanol–water partition coefficient (Wildman–Crippen LogP) is 1.86. The number of hydrogen-bond acceptors (Lipinski definition) is 4. The Hall–Kier alpha value is -0.810. The fourth-order valence-corrected chi connectivity index (χ4v) is 3.15. The minimum Gasteiger partial charge on any atom is -0.493 e. The van der Waals surface area contributed by atoms with E-state index in [1.807, 2.05) is 12.1 Å². The summed E-state index contributed by atoms with van der Waals surface area (Å²) >= 11 is 6.20. The van der Waals surface area contributed by atoms with Gasteiger partial charge in [-0.25, -0.2) is 0 Å². The Morgan fingerprint density at radius 2 is 2.30 bits per heavy atom. The molecule has 0 amide bonds. The highest BCUT2D eigenvalue weighted by atomic mass is 35.5. The molecule has 20 heavy (non-hydrogen) atoms. The molecule has 110 valence electrons. The van der Waals surface area contributed by atoms with Crippen molar-refractivity contribution in [2.24, 2.45) is 0 Å². The maximum Gasteiger partial charge on any atom is 0.127 e. The average Bonchev–Trinajstić information content (AvgIpc) is 2.89. The standard InChI is InChI=1S/C15H20ClNO3/c1-10-9-20-14(8-18)7-17(10)6-12-5-13(16)4-11-2-3-19-15(11)12/h4-5,10,14,18H,2-3,6-9H2,1H3/t10-,14-/m1/s1. The van der Waals surface area contributed by atoms with Crippen LogP contribution in [-0.4, -0.2) is 48.5 Å². The second-order valence-electron chi connectivity index (χ2n) is 5.57. The first-order chi connectivity index (χ1) is 9.67. The van der Waals surface area contributed by atoms with Gasteiger partial charge in [-0.05, 0) is 24.6 Å². The van der Waals surface area contributed by atoms with E-state index in [4.69, 9.17) is 21.1 Å². The van der Waals surface area contributed by atoms with Crippen LogP contribution >= 0.6 is 11.6 Å². The van der Waals surface area contributed by atoms with Gasteiger partial charge in [-0.15, -0.1) is 0 Å². The monoisotopic (exact) mass is 297 g/mol. The van der Waals surface area contributed by atoms with Crippen LogP contribution in [0.4, 0.5) is 0 Å². The Bertz CT molecular complexity index is 494. The number of fused-ring (bicyclic) bond motifs is 1. The minimum atomic E-state index is -0.0978. The number of hydrogen-bond donors (Lipinski definition) is 1. The Morgan fingerprint density at radius 1 is 1.45 bits per heavy atom. The largest absolute Gasteiger partial charge is 0.493 e. The van der Waals surface area contributed by atoms with E-state index in [2.05, 4.69) is 11.8 Å². The Labute approximate surface area is 124 Å². The first-order valence-corrected chi connectivity index (χ1v) is 7.45. The van der Waals surface area contributed by atoms with E-state index in [1.165, 1.54) is 5.56 Å². The van der Waals surface area contributed by atoms with Crippen molar-refractivity contribution in [1.29, 1.82) is 0 Å². The van der Waals surface area contributed by atoms with Crippen LogP contribution < -0.4 is 4.74 Å². The highest BCUT2D eigenvalue weighted by molar-refractivity contribution is 6.30. The molecular weight excluding hydrogens is 278 g/mol. The summed E-state index contributed by atoms with van der Waals surface area (Å²) in [6.45, 7) is 5.10. The summed E-state index contributed by atoms with van der Waals surface area (Å²) in [5.74, 6) is 0.994. The lowest BCUT2D eigenvalue weighted by atomic mass is 10.1. The minimum absolute atomic E-state index is 0.0629. The zero-order valence-electron chi connectivity index (χ0n) is 11.6. The van der Waals surface area contributed by atoms with Crippen LogP contribution in [0.5, 0.6) is 5.75 Å². The topological polar surface area (TPSA) is 41.9 Å². The maximum atomic E-state index is 9.26. The number of rotatable bonds is 3. The van der Waals surface area contributed by atoms with Crippen LogP contribution in [-0.2, 0) is 17.7 Å². The van der Waals surface area contributed by atoms with Crippen LogP contribution in [0.25, 0.3) is 0 Å². The van der Waals surface area contributed by atoms with Gasteiger partial charge in [0.2, 0.25) is 0 Å². The van der Waals surface area contributed by atoms with Crippen molar-refractivity contribution >= 4 is 11.6 Å². The zero-order valence-corrected chi connectivity index (χ0v) is 12.4. The summed E-state index contributed by atoms with van der Waals surface area (Å²) in [4.78, 5) is 2.32. The Morgan fingerprint density at radius 3 is 3.10 bits per heavy atom. The summed E-state index contributed by atoms with van der Waals surface area (Å²) in [6.07, 6.45) is 0.834. The van der Waals surface area contributed by atoms with E-state index < -0.39 is 0 Å². The van der Waals surface area contributed by atoms with E-state index in [0.29, 0.717) is 12.6 Å². The third-order valence-electron chi connectivity index (χ3n) is 4.04. The molecule has 2 atom stereocenters. The smallest absolute Gasteiger partial charge is 0.127 e. The molecule has 1 aromatic carbocycles. The van der Waals surface area contributed by atoms with Gasteiger partial charge in [-0.3, -0.25) is 4.90 Å². The molecule has 0 bridgehead atoms. The lowest BCUT2D eigenvalue weighted by Crippen LogP contribution is -2.48. The molecule has 3 rings (SSSR count). The van der Waals surface area contributed by atoms with E-state index in [-0.39, 0.29) is 12.7 Å². The number of aliphatic hydroxyl groups excluding tert-OH is 1. The molecule has 0 radical (unpaired) electrons. The number of ether oxygens (including phenoxy) is 2. The van der Waals surface area contributed by atoms with E-state index >= 15 is 0 Å². The number of aliphatic hydroxyl groups is 1. The SMILES string of the molecule is C[C@@H]1CO[C@@H](CO)CN1Cc1cc(Cl)cc2c1OCC2. The number of nitrogens with zero attached hydrogens (tertiary/aromatic N) is 1. The molecule has 0 unspecified atom stereocenters. The summed E-state index contributed by atoms with van der Waals surface area (Å²) in [5.41, 5.74) is 2.34. The Balaban J connectivity index is 1.80. The molecule has 1 N–H and O–H groups in total. The first-order valence-electron chi connectivity index (χ1n) is 7.08. The molecule has 4 nitrogen and oxygen atoms in total. The van der Waals surface area contributed by atoms with Crippen molar-refractivity contribution in [2.75, 3.05) is 26.4 Å². The van der Waals surface area contributed by atoms with Crippen molar-refractivity contribution in [2.45, 2.75) is 32.0 Å². The number of morpholine rings is 1. The average molecular weight is 298 g/mol. The van der Waals surface area contributed by atoms with Crippen molar-refractivity contribution < 1.29 is 14.6 Å². The molecule has 1 fully saturated rings. The molecule has 0 aliphatic carbocycles. The van der Waals surface area contributed by atoms with Gasteiger partial charge in [0, 0.05) is 36.1 Å². The quantitative estimate of drug-likeness (QED) is 0.925. The van der Waals surface area contributed by atoms with Gasteiger partial charge in [0.1, 0.15) is 5.75 Å². The highest BCUT2D eigenvalue weighted by Crippen LogP contribution is 2.34. The van der Waals surface area contributed by atoms with E-state index in [0.717, 1.165) is 42.5 Å². The lowest BCUT2D eigenvalue weighted by molar-refractivity contribution is -0.0806. The normalized spacial score (nSPS) is 26.4. The summed E-state index contributed by atoms with van der Waals surface area (Å²) < 4.78 is 11.3. The van der Waals surface area contributed by atoms with Crippen LogP contribution in [0, 0.1) is 0 Å². The second kappa shape index (κ2) is 5.90. The predicted molar refractivity (Wildman–Crippen MR) is 77.3 cm³/mol. The molecule has 0 spiro atoms. The van der Waals surface area contributed by atoms with Crippen molar-refractivity contribution in [3.8, 4) is 5.75 Å². The summed E-state index contributed by atoms with van der Waals surface area (Å²) in [5, 5.41) is 10.0. The molecule has 0 saturated carbocycles. The second-order valence-corrected chi connectivity index (χ2v) is 6.00. The molecule has 2 heterocycles. The van der Waals surface area contributed by atoms with Gasteiger partial charge in [0.25, 0.3) is 0 Å². The van der Waals surface area contributed by atoms with Gasteiger partial charge in [0.05, 0.1) is 25.9 Å². The first kappa shape index (κ1) is 14.1. The molecule has 2 aliphatic rings. The number of halogens is 1. The summed E-state index contributed by atoms with van der Waals surface area (Å²) in [7, 11) is 0. The lowest BCUT2D eigenvalue weighted by Gasteiger charge is -2.37. The molecule has 1 saturated heterocycles. The molecule has 5 heteroatoms. The fourth-order valence-electron chi connectivity index (χ4n) is 2.89. The maximum absolute atomic E-state index is 9.26. The van der Waals surface area contributed by atoms with E-state index in [1.54, 1.807) is 0 Å². The highest BCUT2D eigenvalue weighted by Gasteiger charge is 2.27. The fraction of sp³-hybridized carbons (Fsp3) is 0.600. The molecule has 0 aromatic heterocycles. The van der Waals surface area contributed by atoms with Gasteiger partial charge in [-0.1, -0.05) is 11.6 Å². The van der Waals surface area contributed by atoms with Gasteiger partial charge in [0.15, 0.2) is 0 Å². The molecule has 2 aliphatic heterocycles.